The van der Waals surface area contributed by atoms with Gasteiger partial charge in [-0.3, -0.25) is 19.3 Å². The fourth-order valence-corrected chi connectivity index (χ4v) is 5.26. The number of hydrogen-bond acceptors (Lipinski definition) is 3. The van der Waals surface area contributed by atoms with Gasteiger partial charge in [-0.15, -0.1) is 0 Å². The molecule has 0 saturated carbocycles. The van der Waals surface area contributed by atoms with Crippen LogP contribution in [0.15, 0.2) is 78.9 Å². The zero-order valence-electron chi connectivity index (χ0n) is 19.9. The Kier molecular flexibility index (Phi) is 6.12. The second-order valence-corrected chi connectivity index (χ2v) is 9.39. The highest BCUT2D eigenvalue weighted by Crippen LogP contribution is 2.44. The van der Waals surface area contributed by atoms with E-state index in [1.807, 2.05) is 67.6 Å². The molecule has 5 rings (SSSR count). The van der Waals surface area contributed by atoms with Gasteiger partial charge in [0.05, 0.1) is 11.3 Å². The Balaban J connectivity index is 1.25. The first-order valence-corrected chi connectivity index (χ1v) is 12.1. The smallest absolute Gasteiger partial charge is 0.257 e. The maximum atomic E-state index is 13.3. The average molecular weight is 468 g/mol. The summed E-state index contributed by atoms with van der Waals surface area (Å²) < 4.78 is 0. The molecule has 0 aliphatic carbocycles. The van der Waals surface area contributed by atoms with Gasteiger partial charge in [-0.1, -0.05) is 60.7 Å². The molecular weight excluding hydrogens is 438 g/mol. The predicted molar refractivity (Wildman–Crippen MR) is 136 cm³/mol. The van der Waals surface area contributed by atoms with Gasteiger partial charge in [0.1, 0.15) is 5.66 Å². The number of benzene rings is 3. The summed E-state index contributed by atoms with van der Waals surface area (Å²) in [5, 5.41) is 3.05. The van der Waals surface area contributed by atoms with Crippen molar-refractivity contribution in [3.05, 3.63) is 95.6 Å². The lowest BCUT2D eigenvalue weighted by Gasteiger charge is -2.48. The maximum absolute atomic E-state index is 13.3. The zero-order valence-corrected chi connectivity index (χ0v) is 19.9. The molecule has 1 unspecified atom stereocenters. The Hall–Kier alpha value is -3.93. The summed E-state index contributed by atoms with van der Waals surface area (Å²) in [5.74, 6) is -0.132. The van der Waals surface area contributed by atoms with E-state index in [1.54, 1.807) is 15.9 Å². The maximum Gasteiger partial charge on any atom is 0.257 e. The van der Waals surface area contributed by atoms with Gasteiger partial charge < -0.3 is 10.2 Å². The molecular formula is C29H29N3O3. The molecule has 2 aliphatic heterocycles. The van der Waals surface area contributed by atoms with Gasteiger partial charge in [-0.25, -0.2) is 0 Å². The number of nitrogens with zero attached hydrogens (tertiary/aromatic N) is 2. The van der Waals surface area contributed by atoms with Gasteiger partial charge in [-0.2, -0.15) is 0 Å². The van der Waals surface area contributed by atoms with Crippen LogP contribution in [-0.4, -0.2) is 34.8 Å². The first kappa shape index (κ1) is 22.8. The molecule has 3 aromatic rings. The minimum absolute atomic E-state index is 0.0326. The summed E-state index contributed by atoms with van der Waals surface area (Å²) in [6, 6.07) is 25.3. The monoisotopic (exact) mass is 467 g/mol. The van der Waals surface area contributed by atoms with Crippen molar-refractivity contribution in [1.82, 2.24) is 4.90 Å². The van der Waals surface area contributed by atoms with E-state index in [0.29, 0.717) is 37.1 Å². The van der Waals surface area contributed by atoms with Crippen LogP contribution in [0, 0.1) is 0 Å². The van der Waals surface area contributed by atoms with E-state index in [0.717, 1.165) is 17.7 Å². The number of amides is 3. The van der Waals surface area contributed by atoms with Crippen LogP contribution in [-0.2, 0) is 16.0 Å². The molecule has 6 heteroatoms. The molecule has 1 fully saturated rings. The lowest BCUT2D eigenvalue weighted by Crippen LogP contribution is -2.62. The lowest BCUT2D eigenvalue weighted by atomic mass is 9.98. The normalized spacial score (nSPS) is 18.9. The molecule has 178 valence electrons. The molecule has 0 spiro atoms. The molecule has 1 atom stereocenters. The van der Waals surface area contributed by atoms with E-state index in [-0.39, 0.29) is 24.1 Å². The second-order valence-electron chi connectivity index (χ2n) is 9.39. The standard InChI is InChI=1S/C29H29N3O3/c1-29-18-17-27(34)32(29)25-15-8-6-13-23(25)28(35)31(29)19-9-16-26(33)30-24-14-7-5-12-22(24)20-21-10-3-2-4-11-21/h2-8,10-15H,9,16-20H2,1H3,(H,30,33). The summed E-state index contributed by atoms with van der Waals surface area (Å²) in [7, 11) is 0. The molecule has 0 aromatic heterocycles. The molecule has 1 N–H and O–H groups in total. The van der Waals surface area contributed by atoms with Crippen molar-refractivity contribution in [2.24, 2.45) is 0 Å². The summed E-state index contributed by atoms with van der Waals surface area (Å²) >= 11 is 0. The van der Waals surface area contributed by atoms with Crippen molar-refractivity contribution in [2.75, 3.05) is 16.8 Å². The number of nitrogens with one attached hydrogen (secondary N) is 1. The summed E-state index contributed by atoms with van der Waals surface area (Å²) in [6.45, 7) is 2.36. The largest absolute Gasteiger partial charge is 0.326 e. The van der Waals surface area contributed by atoms with Crippen molar-refractivity contribution >= 4 is 29.1 Å². The molecule has 2 heterocycles. The van der Waals surface area contributed by atoms with Crippen LogP contribution < -0.4 is 10.2 Å². The molecule has 2 aliphatic rings. The third kappa shape index (κ3) is 4.32. The molecule has 3 aromatic carbocycles. The molecule has 0 bridgehead atoms. The van der Waals surface area contributed by atoms with E-state index < -0.39 is 5.66 Å². The fraction of sp³-hybridized carbons (Fsp3) is 0.276. The average Bonchev–Trinajstić information content (AvgIpc) is 3.18. The molecule has 35 heavy (non-hydrogen) atoms. The Morgan fingerprint density at radius 3 is 2.49 bits per heavy atom. The number of carbonyl (C=O) groups excluding carboxylic acids is 3. The second kappa shape index (κ2) is 9.37. The first-order valence-electron chi connectivity index (χ1n) is 12.1. The van der Waals surface area contributed by atoms with Gasteiger partial charge in [-0.05, 0) is 55.5 Å². The highest BCUT2D eigenvalue weighted by atomic mass is 16.2. The fourth-order valence-electron chi connectivity index (χ4n) is 5.26. The number of para-hydroxylation sites is 2. The molecule has 6 nitrogen and oxygen atoms in total. The quantitative estimate of drug-likeness (QED) is 0.532. The first-order chi connectivity index (χ1) is 17.0. The van der Waals surface area contributed by atoms with Crippen molar-refractivity contribution < 1.29 is 14.4 Å². The van der Waals surface area contributed by atoms with Crippen LogP contribution in [0.4, 0.5) is 11.4 Å². The van der Waals surface area contributed by atoms with Gasteiger partial charge in [0.25, 0.3) is 5.91 Å². The number of fused-ring (bicyclic) bond motifs is 3. The van der Waals surface area contributed by atoms with Crippen LogP contribution in [0.2, 0.25) is 0 Å². The van der Waals surface area contributed by atoms with E-state index in [2.05, 4.69) is 17.4 Å². The number of carbonyl (C=O) groups is 3. The van der Waals surface area contributed by atoms with Crippen molar-refractivity contribution in [3.63, 3.8) is 0 Å². The minimum atomic E-state index is -0.693. The molecule has 1 saturated heterocycles. The number of hydrogen-bond donors (Lipinski definition) is 1. The van der Waals surface area contributed by atoms with E-state index in [1.165, 1.54) is 5.56 Å². The van der Waals surface area contributed by atoms with E-state index in [9.17, 15) is 14.4 Å². The summed E-state index contributed by atoms with van der Waals surface area (Å²) in [6.07, 6.45) is 2.53. The third-order valence-corrected chi connectivity index (χ3v) is 7.06. The number of anilines is 2. The van der Waals surface area contributed by atoms with E-state index in [4.69, 9.17) is 0 Å². The SMILES string of the molecule is CC12CCC(=O)N1c1ccccc1C(=O)N2CCCC(=O)Nc1ccccc1Cc1ccccc1. The van der Waals surface area contributed by atoms with Crippen LogP contribution in [0.1, 0.15) is 54.1 Å². The highest BCUT2D eigenvalue weighted by Gasteiger charge is 2.52. The minimum Gasteiger partial charge on any atom is -0.326 e. The molecule has 3 amide bonds. The van der Waals surface area contributed by atoms with Crippen LogP contribution in [0.5, 0.6) is 0 Å². The van der Waals surface area contributed by atoms with Crippen LogP contribution >= 0.6 is 0 Å². The summed E-state index contributed by atoms with van der Waals surface area (Å²) in [5.41, 5.74) is 3.58. The summed E-state index contributed by atoms with van der Waals surface area (Å²) in [4.78, 5) is 42.4. The van der Waals surface area contributed by atoms with Crippen LogP contribution in [0.3, 0.4) is 0 Å². The lowest BCUT2D eigenvalue weighted by molar-refractivity contribution is -0.118. The van der Waals surface area contributed by atoms with Crippen molar-refractivity contribution in [3.8, 4) is 0 Å². The predicted octanol–water partition coefficient (Wildman–Crippen LogP) is 5.00. The van der Waals surface area contributed by atoms with Crippen molar-refractivity contribution in [2.45, 2.75) is 44.7 Å². The Labute approximate surface area is 205 Å². The van der Waals surface area contributed by atoms with Gasteiger partial charge in [0.2, 0.25) is 11.8 Å². The topological polar surface area (TPSA) is 69.7 Å². The molecule has 0 radical (unpaired) electrons. The van der Waals surface area contributed by atoms with Crippen molar-refractivity contribution in [1.29, 1.82) is 0 Å². The number of rotatable bonds is 7. The highest BCUT2D eigenvalue weighted by molar-refractivity contribution is 6.10. The Morgan fingerprint density at radius 1 is 0.943 bits per heavy atom. The van der Waals surface area contributed by atoms with Gasteiger partial charge in [0.15, 0.2) is 0 Å². The van der Waals surface area contributed by atoms with Gasteiger partial charge in [0, 0.05) is 25.1 Å². The van der Waals surface area contributed by atoms with Crippen LogP contribution in [0.25, 0.3) is 0 Å². The Bertz CT molecular complexity index is 1270. The zero-order chi connectivity index (χ0) is 24.4. The third-order valence-electron chi connectivity index (χ3n) is 7.06. The van der Waals surface area contributed by atoms with Gasteiger partial charge >= 0.3 is 0 Å². The van der Waals surface area contributed by atoms with E-state index >= 15 is 0 Å². The Morgan fingerprint density at radius 2 is 1.66 bits per heavy atom.